The molecule has 0 fully saturated rings. The Balaban J connectivity index is 0.000000720. The molecule has 1 aliphatic rings. The first-order chi connectivity index (χ1) is 5.40. The Morgan fingerprint density at radius 3 is 2.75 bits per heavy atom. The second-order valence-corrected chi connectivity index (χ2v) is 2.86. The molecule has 66 valence electrons. The molecule has 0 saturated heterocycles. The molecule has 1 aromatic carbocycles. The summed E-state index contributed by atoms with van der Waals surface area (Å²) in [5.74, 6) is 0. The molecule has 1 heterocycles. The molecule has 2 N–H and O–H groups in total. The minimum absolute atomic E-state index is 0. The van der Waals surface area contributed by atoms with Gasteiger partial charge in [-0.15, -0.1) is 12.4 Å². The number of benzene rings is 1. The third-order valence-electron chi connectivity index (χ3n) is 2.08. The minimum Gasteiger partial charge on any atom is -0.392 e. The Kier molecular flexibility index (Phi) is 3.09. The second-order valence-electron chi connectivity index (χ2n) is 2.86. The highest BCUT2D eigenvalue weighted by Gasteiger charge is 2.08. The first kappa shape index (κ1) is 9.52. The summed E-state index contributed by atoms with van der Waals surface area (Å²) in [7, 11) is 0. The van der Waals surface area contributed by atoms with Crippen molar-refractivity contribution in [2.75, 3.05) is 0 Å². The maximum atomic E-state index is 8.85. The van der Waals surface area contributed by atoms with Gasteiger partial charge < -0.3 is 10.4 Å². The summed E-state index contributed by atoms with van der Waals surface area (Å²) in [5.41, 5.74) is 3.70. The molecule has 2 rings (SSSR count). The van der Waals surface area contributed by atoms with E-state index in [9.17, 15) is 0 Å². The number of rotatable bonds is 1. The van der Waals surface area contributed by atoms with Crippen molar-refractivity contribution in [3.63, 3.8) is 0 Å². The lowest BCUT2D eigenvalue weighted by atomic mass is 10.1. The van der Waals surface area contributed by atoms with Gasteiger partial charge in [0.05, 0.1) is 6.61 Å². The summed E-state index contributed by atoms with van der Waals surface area (Å²) in [5, 5.41) is 12.1. The molecule has 12 heavy (non-hydrogen) atoms. The van der Waals surface area contributed by atoms with Gasteiger partial charge in [-0.3, -0.25) is 0 Å². The smallest absolute Gasteiger partial charge is 0.0681 e. The summed E-state index contributed by atoms with van der Waals surface area (Å²) >= 11 is 0. The molecule has 0 aromatic heterocycles. The van der Waals surface area contributed by atoms with E-state index in [1.807, 2.05) is 6.07 Å². The summed E-state index contributed by atoms with van der Waals surface area (Å²) in [6.07, 6.45) is 0. The SMILES string of the molecule is Cl.OCc1ccc2c(c1)CNC2. The van der Waals surface area contributed by atoms with E-state index in [-0.39, 0.29) is 19.0 Å². The largest absolute Gasteiger partial charge is 0.392 e. The van der Waals surface area contributed by atoms with Crippen LogP contribution in [0.4, 0.5) is 0 Å². The average molecular weight is 186 g/mol. The van der Waals surface area contributed by atoms with Crippen LogP contribution in [0.1, 0.15) is 16.7 Å². The molecule has 0 spiro atoms. The van der Waals surface area contributed by atoms with Gasteiger partial charge in [-0.1, -0.05) is 18.2 Å². The van der Waals surface area contributed by atoms with Crippen LogP contribution in [0.25, 0.3) is 0 Å². The van der Waals surface area contributed by atoms with E-state index in [0.717, 1.165) is 18.7 Å². The lowest BCUT2D eigenvalue weighted by Crippen LogP contribution is -1.99. The lowest BCUT2D eigenvalue weighted by molar-refractivity contribution is 0.281. The molecule has 0 radical (unpaired) electrons. The molecule has 0 bridgehead atoms. The molecule has 3 heteroatoms. The summed E-state index contributed by atoms with van der Waals surface area (Å²) in [6, 6.07) is 6.13. The molecule has 0 aliphatic carbocycles. The van der Waals surface area contributed by atoms with Gasteiger partial charge in [-0.25, -0.2) is 0 Å². The molecule has 1 aromatic rings. The first-order valence-electron chi connectivity index (χ1n) is 3.82. The van der Waals surface area contributed by atoms with Crippen LogP contribution >= 0.6 is 12.4 Å². The van der Waals surface area contributed by atoms with Crippen LogP contribution in [0.2, 0.25) is 0 Å². The highest BCUT2D eigenvalue weighted by atomic mass is 35.5. The quantitative estimate of drug-likeness (QED) is 0.690. The van der Waals surface area contributed by atoms with Crippen LogP contribution in [-0.2, 0) is 19.7 Å². The van der Waals surface area contributed by atoms with E-state index in [4.69, 9.17) is 5.11 Å². The number of halogens is 1. The monoisotopic (exact) mass is 185 g/mol. The van der Waals surface area contributed by atoms with Crippen molar-refractivity contribution in [2.45, 2.75) is 19.7 Å². The van der Waals surface area contributed by atoms with Gasteiger partial charge in [0, 0.05) is 13.1 Å². The van der Waals surface area contributed by atoms with Gasteiger partial charge in [-0.2, -0.15) is 0 Å². The first-order valence-corrected chi connectivity index (χ1v) is 3.82. The standard InChI is InChI=1S/C9H11NO.ClH/c11-6-7-1-2-8-4-10-5-9(8)3-7;/h1-3,10-11H,4-6H2;1H. The molecule has 1 aliphatic heterocycles. The Bertz CT molecular complexity index is 275. The van der Waals surface area contributed by atoms with E-state index in [0.29, 0.717) is 0 Å². The Labute approximate surface area is 78.0 Å². The summed E-state index contributed by atoms with van der Waals surface area (Å²) in [6.45, 7) is 2.07. The van der Waals surface area contributed by atoms with Gasteiger partial charge in [0.15, 0.2) is 0 Å². The van der Waals surface area contributed by atoms with Crippen molar-refractivity contribution < 1.29 is 5.11 Å². The average Bonchev–Trinajstić information content (AvgIpc) is 2.50. The maximum Gasteiger partial charge on any atom is 0.0681 e. The van der Waals surface area contributed by atoms with Crippen molar-refractivity contribution >= 4 is 12.4 Å². The molecule has 0 amide bonds. The fourth-order valence-corrected chi connectivity index (χ4v) is 1.45. The molecular weight excluding hydrogens is 174 g/mol. The second kappa shape index (κ2) is 3.90. The van der Waals surface area contributed by atoms with Crippen molar-refractivity contribution in [2.24, 2.45) is 0 Å². The van der Waals surface area contributed by atoms with Gasteiger partial charge in [-0.05, 0) is 16.7 Å². The van der Waals surface area contributed by atoms with Gasteiger partial charge in [0.1, 0.15) is 0 Å². The zero-order chi connectivity index (χ0) is 7.68. The topological polar surface area (TPSA) is 32.3 Å². The number of hydrogen-bond donors (Lipinski definition) is 2. The van der Waals surface area contributed by atoms with Gasteiger partial charge in [0.25, 0.3) is 0 Å². The van der Waals surface area contributed by atoms with Crippen LogP contribution in [0.15, 0.2) is 18.2 Å². The van der Waals surface area contributed by atoms with Crippen molar-refractivity contribution in [1.29, 1.82) is 0 Å². The van der Waals surface area contributed by atoms with E-state index in [1.54, 1.807) is 0 Å². The van der Waals surface area contributed by atoms with Crippen molar-refractivity contribution in [3.05, 3.63) is 34.9 Å². The summed E-state index contributed by atoms with van der Waals surface area (Å²) in [4.78, 5) is 0. The maximum absolute atomic E-state index is 8.85. The van der Waals surface area contributed by atoms with E-state index in [1.165, 1.54) is 11.1 Å². The number of hydrogen-bond acceptors (Lipinski definition) is 2. The fraction of sp³-hybridized carbons (Fsp3) is 0.333. The highest BCUT2D eigenvalue weighted by molar-refractivity contribution is 5.85. The third-order valence-corrected chi connectivity index (χ3v) is 2.08. The Morgan fingerprint density at radius 1 is 1.25 bits per heavy atom. The van der Waals surface area contributed by atoms with Crippen LogP contribution in [0, 0.1) is 0 Å². The zero-order valence-electron chi connectivity index (χ0n) is 6.71. The van der Waals surface area contributed by atoms with Crippen molar-refractivity contribution in [1.82, 2.24) is 5.32 Å². The fourth-order valence-electron chi connectivity index (χ4n) is 1.45. The van der Waals surface area contributed by atoms with Crippen LogP contribution in [0.3, 0.4) is 0 Å². The highest BCUT2D eigenvalue weighted by Crippen LogP contribution is 2.16. The van der Waals surface area contributed by atoms with Crippen LogP contribution < -0.4 is 5.32 Å². The molecular formula is C9H12ClNO. The van der Waals surface area contributed by atoms with Crippen molar-refractivity contribution in [3.8, 4) is 0 Å². The zero-order valence-corrected chi connectivity index (χ0v) is 7.53. The molecule has 0 saturated carbocycles. The van der Waals surface area contributed by atoms with Gasteiger partial charge >= 0.3 is 0 Å². The molecule has 0 atom stereocenters. The lowest BCUT2D eigenvalue weighted by Gasteiger charge is -1.99. The number of nitrogens with one attached hydrogen (secondary N) is 1. The number of aliphatic hydroxyl groups excluding tert-OH is 1. The van der Waals surface area contributed by atoms with Crippen LogP contribution in [0.5, 0.6) is 0 Å². The summed E-state index contributed by atoms with van der Waals surface area (Å²) < 4.78 is 0. The normalized spacial score (nSPS) is 13.8. The predicted molar refractivity (Wildman–Crippen MR) is 50.2 cm³/mol. The van der Waals surface area contributed by atoms with Gasteiger partial charge in [0.2, 0.25) is 0 Å². The van der Waals surface area contributed by atoms with Crippen LogP contribution in [-0.4, -0.2) is 5.11 Å². The van der Waals surface area contributed by atoms with E-state index >= 15 is 0 Å². The molecule has 2 nitrogen and oxygen atoms in total. The number of fused-ring (bicyclic) bond motifs is 1. The Hall–Kier alpha value is -0.570. The Morgan fingerprint density at radius 2 is 2.00 bits per heavy atom. The molecule has 0 unspecified atom stereocenters. The predicted octanol–water partition coefficient (Wildman–Crippen LogP) is 1.20. The number of aliphatic hydroxyl groups is 1. The third kappa shape index (κ3) is 1.61. The van der Waals surface area contributed by atoms with E-state index < -0.39 is 0 Å². The van der Waals surface area contributed by atoms with E-state index in [2.05, 4.69) is 17.4 Å². The minimum atomic E-state index is 0.